The molecule has 138 valence electrons. The molecule has 0 aromatic heterocycles. The van der Waals surface area contributed by atoms with Crippen LogP contribution in [0.3, 0.4) is 0 Å². The van der Waals surface area contributed by atoms with Crippen molar-refractivity contribution in [2.24, 2.45) is 0 Å². The Hall–Kier alpha value is -2.78. The van der Waals surface area contributed by atoms with Gasteiger partial charge >= 0.3 is 6.18 Å². The molecule has 3 nitrogen and oxygen atoms in total. The van der Waals surface area contributed by atoms with Gasteiger partial charge in [0.25, 0.3) is 0 Å². The van der Waals surface area contributed by atoms with E-state index in [2.05, 4.69) is 0 Å². The molecule has 3 rings (SSSR count). The predicted octanol–water partition coefficient (Wildman–Crippen LogP) is 4.38. The maximum Gasteiger partial charge on any atom is 0.422 e. The molecule has 0 bridgehead atoms. The highest BCUT2D eigenvalue weighted by molar-refractivity contribution is 5.97. The van der Waals surface area contributed by atoms with Crippen LogP contribution in [0.4, 0.5) is 36.4 Å². The first-order valence-corrected chi connectivity index (χ1v) is 7.08. The van der Waals surface area contributed by atoms with E-state index in [1.165, 1.54) is 12.1 Å². The Morgan fingerprint density at radius 1 is 1.00 bits per heavy atom. The molecule has 1 aliphatic heterocycles. The topological polar surface area (TPSA) is 38.3 Å². The summed E-state index contributed by atoms with van der Waals surface area (Å²) in [5.41, 5.74) is -3.99. The number of carbonyl (C=O) groups excluding carboxylic acids is 1. The van der Waals surface area contributed by atoms with E-state index < -0.39 is 52.5 Å². The molecule has 1 unspecified atom stereocenters. The third-order valence-electron chi connectivity index (χ3n) is 3.81. The number of anilines is 1. The summed E-state index contributed by atoms with van der Waals surface area (Å²) in [5, 5.41) is 1.61. The zero-order valence-corrected chi connectivity index (χ0v) is 12.6. The first-order valence-electron chi connectivity index (χ1n) is 7.08. The third-order valence-corrected chi connectivity index (χ3v) is 3.81. The minimum atomic E-state index is -5.66. The molecule has 10 heteroatoms. The van der Waals surface area contributed by atoms with E-state index in [0.717, 1.165) is 0 Å². The molecular weight excluding hydrogens is 371 g/mol. The molecule has 0 saturated heterocycles. The quantitative estimate of drug-likeness (QED) is 0.622. The molecule has 2 aromatic rings. The van der Waals surface area contributed by atoms with Crippen LogP contribution < -0.4 is 10.1 Å². The van der Waals surface area contributed by atoms with Gasteiger partial charge in [-0.05, 0) is 6.07 Å². The van der Waals surface area contributed by atoms with Gasteiger partial charge in [0.1, 0.15) is 29.5 Å². The van der Waals surface area contributed by atoms with Crippen LogP contribution in [0.15, 0.2) is 24.3 Å². The Labute approximate surface area is 141 Å². The zero-order valence-electron chi connectivity index (χ0n) is 12.6. The zero-order chi connectivity index (χ0) is 19.2. The number of hydrogen-bond donors (Lipinski definition) is 1. The number of fused-ring (bicyclic) bond motifs is 1. The van der Waals surface area contributed by atoms with Gasteiger partial charge in [0.2, 0.25) is 5.91 Å². The summed E-state index contributed by atoms with van der Waals surface area (Å²) in [5.74, 6) is -11.8. The van der Waals surface area contributed by atoms with Crippen molar-refractivity contribution in [1.29, 1.82) is 0 Å². The van der Waals surface area contributed by atoms with Gasteiger partial charge in [0, 0.05) is 5.56 Å². The fraction of sp³-hybridized carbons (Fsp3) is 0.188. The maximum atomic E-state index is 13.8. The van der Waals surface area contributed by atoms with Gasteiger partial charge in [-0.3, -0.25) is 4.79 Å². The minimum absolute atomic E-state index is 0.208. The van der Waals surface area contributed by atoms with Gasteiger partial charge in [-0.25, -0.2) is 17.6 Å². The summed E-state index contributed by atoms with van der Waals surface area (Å²) < 4.78 is 97.7. The summed E-state index contributed by atoms with van der Waals surface area (Å²) >= 11 is 0. The number of carbonyl (C=O) groups is 1. The SMILES string of the molecule is O=C(Nc1c(F)c(F)c(C(F)(F)F)c(F)c1F)C1COc2ccccc21. The molecular formula is C16H8F7NO2. The van der Waals surface area contributed by atoms with Crippen molar-refractivity contribution in [1.82, 2.24) is 0 Å². The van der Waals surface area contributed by atoms with Gasteiger partial charge in [0.05, 0.1) is 0 Å². The number of halogens is 7. The molecule has 1 N–H and O–H groups in total. The average molecular weight is 379 g/mol. The summed E-state index contributed by atoms with van der Waals surface area (Å²) in [4.78, 5) is 12.2. The average Bonchev–Trinajstić information content (AvgIpc) is 3.00. The number of hydrogen-bond acceptors (Lipinski definition) is 2. The Kier molecular flexibility index (Phi) is 4.29. The van der Waals surface area contributed by atoms with Crippen molar-refractivity contribution < 1.29 is 40.3 Å². The van der Waals surface area contributed by atoms with Crippen LogP contribution in [0.2, 0.25) is 0 Å². The first-order chi connectivity index (χ1) is 12.1. The van der Waals surface area contributed by atoms with E-state index in [9.17, 15) is 35.5 Å². The molecule has 0 saturated carbocycles. The first kappa shape index (κ1) is 18.0. The third kappa shape index (κ3) is 2.85. The van der Waals surface area contributed by atoms with Crippen LogP contribution in [-0.4, -0.2) is 12.5 Å². The van der Waals surface area contributed by atoms with Crippen LogP contribution in [0.1, 0.15) is 17.0 Å². The molecule has 0 spiro atoms. The number of nitrogens with one attached hydrogen (secondary N) is 1. The molecule has 1 aliphatic rings. The lowest BCUT2D eigenvalue weighted by molar-refractivity contribution is -0.143. The van der Waals surface area contributed by atoms with Crippen LogP contribution in [-0.2, 0) is 11.0 Å². The van der Waals surface area contributed by atoms with E-state index in [1.54, 1.807) is 17.4 Å². The normalized spacial score (nSPS) is 16.2. The number of ether oxygens (including phenoxy) is 1. The second-order valence-corrected chi connectivity index (χ2v) is 5.39. The Balaban J connectivity index is 1.98. The van der Waals surface area contributed by atoms with E-state index in [0.29, 0.717) is 11.3 Å². The lowest BCUT2D eigenvalue weighted by Gasteiger charge is -2.16. The lowest BCUT2D eigenvalue weighted by Crippen LogP contribution is -2.25. The molecule has 1 amide bonds. The van der Waals surface area contributed by atoms with Gasteiger partial charge in [-0.1, -0.05) is 18.2 Å². The molecule has 26 heavy (non-hydrogen) atoms. The molecule has 2 aromatic carbocycles. The summed E-state index contributed by atoms with van der Waals surface area (Å²) in [6.07, 6.45) is -5.66. The second-order valence-electron chi connectivity index (χ2n) is 5.39. The molecule has 0 radical (unpaired) electrons. The Bertz CT molecular complexity index is 866. The van der Waals surface area contributed by atoms with Crippen molar-refractivity contribution in [3.8, 4) is 5.75 Å². The predicted molar refractivity (Wildman–Crippen MR) is 74.6 cm³/mol. The van der Waals surface area contributed by atoms with Crippen molar-refractivity contribution in [3.63, 3.8) is 0 Å². The lowest BCUT2D eigenvalue weighted by atomic mass is 10.0. The Morgan fingerprint density at radius 3 is 2.15 bits per heavy atom. The maximum absolute atomic E-state index is 13.8. The van der Waals surface area contributed by atoms with E-state index in [1.807, 2.05) is 0 Å². The highest BCUT2D eigenvalue weighted by Gasteiger charge is 2.43. The highest BCUT2D eigenvalue weighted by atomic mass is 19.4. The molecule has 1 heterocycles. The molecule has 0 fully saturated rings. The smallest absolute Gasteiger partial charge is 0.422 e. The van der Waals surface area contributed by atoms with Crippen molar-refractivity contribution in [3.05, 3.63) is 58.7 Å². The van der Waals surface area contributed by atoms with Gasteiger partial charge in [-0.15, -0.1) is 0 Å². The summed E-state index contributed by atoms with van der Waals surface area (Å²) in [6, 6.07) is 6.19. The van der Waals surface area contributed by atoms with Gasteiger partial charge in [0.15, 0.2) is 23.3 Å². The van der Waals surface area contributed by atoms with E-state index in [-0.39, 0.29) is 6.61 Å². The number of amides is 1. The van der Waals surface area contributed by atoms with Crippen molar-refractivity contribution in [2.45, 2.75) is 12.1 Å². The van der Waals surface area contributed by atoms with Crippen LogP contribution in [0, 0.1) is 23.3 Å². The number of para-hydroxylation sites is 1. The summed E-state index contributed by atoms with van der Waals surface area (Å²) in [7, 11) is 0. The highest BCUT2D eigenvalue weighted by Crippen LogP contribution is 2.39. The number of alkyl halides is 3. The fourth-order valence-electron chi connectivity index (χ4n) is 2.58. The Morgan fingerprint density at radius 2 is 1.58 bits per heavy atom. The largest absolute Gasteiger partial charge is 0.492 e. The van der Waals surface area contributed by atoms with E-state index in [4.69, 9.17) is 4.74 Å². The van der Waals surface area contributed by atoms with Crippen LogP contribution in [0.25, 0.3) is 0 Å². The van der Waals surface area contributed by atoms with Crippen LogP contribution in [0.5, 0.6) is 5.75 Å². The standard InChI is InChI=1S/C16H8F7NO2/c17-10-9(16(21,22)23)11(18)13(20)14(12(10)19)24-15(25)7-5-26-8-4-2-1-3-6(7)8/h1-4,7H,5H2,(H,24,25). The van der Waals surface area contributed by atoms with Crippen molar-refractivity contribution in [2.75, 3.05) is 11.9 Å². The minimum Gasteiger partial charge on any atom is -0.492 e. The van der Waals surface area contributed by atoms with E-state index >= 15 is 0 Å². The fourth-order valence-corrected chi connectivity index (χ4v) is 2.58. The summed E-state index contributed by atoms with van der Waals surface area (Å²) in [6.45, 7) is -0.208. The van der Waals surface area contributed by atoms with Crippen LogP contribution >= 0.6 is 0 Å². The van der Waals surface area contributed by atoms with Gasteiger partial charge in [-0.2, -0.15) is 13.2 Å². The second kappa shape index (κ2) is 6.19. The molecule has 0 aliphatic carbocycles. The number of rotatable bonds is 2. The van der Waals surface area contributed by atoms with Gasteiger partial charge < -0.3 is 10.1 Å². The molecule has 1 atom stereocenters. The van der Waals surface area contributed by atoms with Crippen molar-refractivity contribution >= 4 is 11.6 Å². The number of benzene rings is 2. The monoisotopic (exact) mass is 379 g/mol.